The Morgan fingerprint density at radius 2 is 1.26 bits per heavy atom. The lowest BCUT2D eigenvalue weighted by molar-refractivity contribution is -0.385. The SMILES string of the molecule is CCOC(=O)COC(=O)c1cc(Oc2ccc(C(F)(F)F)cc2Cl)ccc1[N+](=O)[O-].COc1cc(OC)nc(NC(=O)NS(=O)(=O)c2ncccc2C(=O)N(C)C)n1.O=C(Nc1nc(OC(F)F)cc(OC(F)F)n1)NS(=O)(=O)c1ccccc1C(=O)O.O=C(O)CNCP(=O)(O)O. The number of nitro benzene ring substituents is 1. The van der Waals surface area contributed by atoms with Gasteiger partial charge in [0, 0.05) is 32.4 Å². The van der Waals surface area contributed by atoms with E-state index >= 15 is 0 Å². The van der Waals surface area contributed by atoms with Crippen LogP contribution < -0.4 is 49.1 Å². The van der Waals surface area contributed by atoms with E-state index in [-0.39, 0.29) is 46.4 Å². The van der Waals surface area contributed by atoms with Crippen molar-refractivity contribution < 1.29 is 144 Å². The number of nitrogens with one attached hydrogen (secondary N) is 5. The number of anilines is 2. The lowest BCUT2D eigenvalue weighted by Gasteiger charge is -2.14. The van der Waals surface area contributed by atoms with Crippen LogP contribution in [0.3, 0.4) is 0 Å². The van der Waals surface area contributed by atoms with Crippen LogP contribution in [0.2, 0.25) is 5.02 Å². The summed E-state index contributed by atoms with van der Waals surface area (Å²) in [4.78, 5) is 126. The van der Waals surface area contributed by atoms with E-state index in [0.717, 1.165) is 42.5 Å². The zero-order valence-electron chi connectivity index (χ0n) is 49.9. The molecular formula is C50H49ClF7N12O25PS2. The molecule has 0 fully saturated rings. The molecule has 0 saturated heterocycles. The number of sulfonamides is 2. The number of alkyl halides is 7. The Balaban J connectivity index is 0.000000357. The number of benzene rings is 3. The summed E-state index contributed by atoms with van der Waals surface area (Å²) >= 11 is 5.81. The maximum absolute atomic E-state index is 12.7. The van der Waals surface area contributed by atoms with E-state index in [1.54, 1.807) is 10.0 Å². The summed E-state index contributed by atoms with van der Waals surface area (Å²) in [6, 6.07) is 11.5. The highest BCUT2D eigenvalue weighted by atomic mass is 35.5. The molecule has 37 nitrogen and oxygen atoms in total. The minimum absolute atomic E-state index is 0.0493. The van der Waals surface area contributed by atoms with Crippen LogP contribution in [0.5, 0.6) is 35.0 Å². The van der Waals surface area contributed by atoms with Crippen molar-refractivity contribution in [3.05, 3.63) is 129 Å². The Morgan fingerprint density at radius 1 is 0.724 bits per heavy atom. The van der Waals surface area contributed by atoms with E-state index in [2.05, 4.69) is 49.8 Å². The van der Waals surface area contributed by atoms with Crippen molar-refractivity contribution in [3.63, 3.8) is 0 Å². The predicted octanol–water partition coefficient (Wildman–Crippen LogP) is 5.56. The molecule has 0 aliphatic carbocycles. The van der Waals surface area contributed by atoms with Crippen molar-refractivity contribution in [2.75, 3.05) is 65.0 Å². The van der Waals surface area contributed by atoms with Crippen molar-refractivity contribution in [3.8, 4) is 35.0 Å². The van der Waals surface area contributed by atoms with Gasteiger partial charge in [-0.25, -0.2) is 46.8 Å². The molecule has 0 saturated carbocycles. The van der Waals surface area contributed by atoms with Crippen LogP contribution in [0, 0.1) is 10.1 Å². The minimum atomic E-state index is -4.71. The number of carbonyl (C=O) groups excluding carboxylic acids is 5. The summed E-state index contributed by atoms with van der Waals surface area (Å²) in [5.74, 6) is -8.62. The van der Waals surface area contributed by atoms with Crippen molar-refractivity contribution >= 4 is 98.7 Å². The van der Waals surface area contributed by atoms with Gasteiger partial charge in [0.1, 0.15) is 22.0 Å². The molecule has 3 heterocycles. The van der Waals surface area contributed by atoms with Crippen LogP contribution in [-0.4, -0.2) is 181 Å². The number of halogens is 8. The third-order valence-corrected chi connectivity index (χ3v) is 13.9. The zero-order valence-corrected chi connectivity index (χ0v) is 53.2. The Labute approximate surface area is 549 Å². The fourth-order valence-corrected chi connectivity index (χ4v) is 9.19. The predicted molar refractivity (Wildman–Crippen MR) is 314 cm³/mol. The van der Waals surface area contributed by atoms with Gasteiger partial charge in [0.15, 0.2) is 11.6 Å². The molecule has 3 aromatic carbocycles. The number of methoxy groups -OCH3 is 2. The lowest BCUT2D eigenvalue weighted by Crippen LogP contribution is -2.36. The van der Waals surface area contributed by atoms with Crippen LogP contribution >= 0.6 is 19.2 Å². The van der Waals surface area contributed by atoms with Crippen molar-refractivity contribution in [2.24, 2.45) is 0 Å². The number of nitro groups is 1. The number of carboxylic acids is 2. The maximum Gasteiger partial charge on any atom is 0.416 e. The van der Waals surface area contributed by atoms with Gasteiger partial charge in [-0.05, 0) is 55.5 Å². The van der Waals surface area contributed by atoms with Gasteiger partial charge in [-0.1, -0.05) is 23.7 Å². The number of hydrogen-bond donors (Lipinski definition) is 9. The number of nitrogens with zero attached hydrogens (tertiary/aromatic N) is 7. The molecule has 9 N–H and O–H groups in total. The van der Waals surface area contributed by atoms with E-state index in [1.165, 1.54) is 81.4 Å². The Bertz CT molecular complexity index is 4120. The number of ether oxygens (including phenoxy) is 7. The highest BCUT2D eigenvalue weighted by molar-refractivity contribution is 7.90. The Morgan fingerprint density at radius 3 is 1.73 bits per heavy atom. The summed E-state index contributed by atoms with van der Waals surface area (Å²) in [5, 5.41) is 33.2. The van der Waals surface area contributed by atoms with Crippen LogP contribution in [0.15, 0.2) is 101 Å². The van der Waals surface area contributed by atoms with Gasteiger partial charge >= 0.3 is 62.9 Å². The quantitative estimate of drug-likeness (QED) is 0.0111. The van der Waals surface area contributed by atoms with Crippen molar-refractivity contribution in [1.82, 2.24) is 44.6 Å². The Kier molecular flexibility index (Phi) is 30.5. The molecule has 532 valence electrons. The second-order valence-electron chi connectivity index (χ2n) is 17.6. The average Bonchev–Trinajstić information content (AvgIpc) is 0.805. The number of carbonyl (C=O) groups is 7. The third kappa shape index (κ3) is 27.4. The summed E-state index contributed by atoms with van der Waals surface area (Å²) in [5.41, 5.74) is -2.99. The molecule has 3 aromatic heterocycles. The fraction of sp³-hybridized carbons (Fsp3) is 0.240. The van der Waals surface area contributed by atoms with Crippen LogP contribution in [0.25, 0.3) is 0 Å². The van der Waals surface area contributed by atoms with Gasteiger partial charge in [-0.2, -0.15) is 59.1 Å². The number of pyridine rings is 1. The lowest BCUT2D eigenvalue weighted by atomic mass is 10.1. The smallest absolute Gasteiger partial charge is 0.416 e. The normalized spacial score (nSPS) is 11.0. The molecule has 0 radical (unpaired) electrons. The average molecular weight is 1480 g/mol. The van der Waals surface area contributed by atoms with E-state index in [9.17, 15) is 95.8 Å². The first kappa shape index (κ1) is 81.3. The van der Waals surface area contributed by atoms with Crippen LogP contribution in [-0.2, 0) is 49.9 Å². The van der Waals surface area contributed by atoms with Gasteiger partial charge in [-0.15, -0.1) is 0 Å². The molecule has 0 aliphatic rings. The first-order valence-electron chi connectivity index (χ1n) is 25.6. The first-order valence-corrected chi connectivity index (χ1v) is 30.8. The molecule has 5 amide bonds. The van der Waals surface area contributed by atoms with Gasteiger partial charge < -0.3 is 58.1 Å². The maximum atomic E-state index is 12.7. The highest BCUT2D eigenvalue weighted by Gasteiger charge is 2.32. The molecule has 98 heavy (non-hydrogen) atoms. The Hall–Kier alpha value is -10.9. The summed E-state index contributed by atoms with van der Waals surface area (Å²) in [6.45, 7) is -6.43. The number of hydrogen-bond acceptors (Lipinski definition) is 27. The summed E-state index contributed by atoms with van der Waals surface area (Å²) in [6.07, 6.45) is -4.01. The largest absolute Gasteiger partial charge is 0.481 e. The molecule has 0 bridgehead atoms. The summed E-state index contributed by atoms with van der Waals surface area (Å²) < 4.78 is 183. The third-order valence-electron chi connectivity index (χ3n) is 10.3. The molecule has 0 aliphatic heterocycles. The fourth-order valence-electron chi connectivity index (χ4n) is 6.42. The number of amides is 5. The molecular weight excluding hydrogens is 1430 g/mol. The molecule has 0 atom stereocenters. The van der Waals surface area contributed by atoms with Gasteiger partial charge in [-0.3, -0.25) is 40.2 Å². The number of aromatic nitrogens is 5. The topological polar surface area (TPSA) is 521 Å². The zero-order chi connectivity index (χ0) is 74.0. The molecule has 0 unspecified atom stereocenters. The number of rotatable bonds is 25. The van der Waals surface area contributed by atoms with E-state index in [4.69, 9.17) is 50.5 Å². The standard InChI is InChI=1S/C18H13ClF3NO7.C15H18N6O6S.C14H10F4N4O7S.C3H8NO5P/c1-2-28-16(24)9-29-17(25)12-8-11(4-5-14(12)23(26)27)30-15-6-3-10(7-13(15)19)18(20,21)22;1-21(2)13(22)9-6-5-7-16-12(9)28(24,25)20-15(23)19-14-17-10(26-3)8-11(18-14)27-4;15-11(16)28-8-5-9(29-12(17)18)20-13(19-8)21-14(25)22-30(26,27)7-4-2-1-3-6(7)10(23)24;5-3(6)1-4-2-10(7,8)9/h3-8H,2,9H2,1H3;5-8H,1-4H3,(H2,17,18,19,20,23);1-5,11-12H,(H,23,24)(H2,19,20,21,22,25);4H,1-2H2,(H,5,6)(H2,7,8,9). The highest BCUT2D eigenvalue weighted by Crippen LogP contribution is 2.38. The van der Waals surface area contributed by atoms with Crippen LogP contribution in [0.1, 0.15) is 43.6 Å². The minimum Gasteiger partial charge on any atom is -0.481 e. The second kappa shape index (κ2) is 36.8. The second-order valence-corrected chi connectivity index (χ2v) is 22.9. The molecule has 6 aromatic rings. The number of aliphatic carboxylic acids is 1. The number of urea groups is 2. The summed E-state index contributed by atoms with van der Waals surface area (Å²) in [7, 11) is -7.66. The van der Waals surface area contributed by atoms with Crippen LogP contribution in [0.4, 0.5) is 57.9 Å². The monoisotopic (exact) mass is 1480 g/mol. The van der Waals surface area contributed by atoms with Crippen molar-refractivity contribution in [1.29, 1.82) is 0 Å². The van der Waals surface area contributed by atoms with E-state index in [0.29, 0.717) is 12.1 Å². The first-order chi connectivity index (χ1) is 45.6. The molecule has 48 heteroatoms. The number of aromatic carboxylic acids is 1. The number of carboxylic acid groups (broad SMARTS) is 2. The number of esters is 2. The van der Waals surface area contributed by atoms with Gasteiger partial charge in [0.2, 0.25) is 35.4 Å². The van der Waals surface area contributed by atoms with Gasteiger partial charge in [0.05, 0.1) is 72.4 Å². The molecule has 0 spiro atoms. The van der Waals surface area contributed by atoms with E-state index < -0.39 is 163 Å². The van der Waals surface area contributed by atoms with Crippen molar-refractivity contribution in [2.45, 2.75) is 36.2 Å². The van der Waals surface area contributed by atoms with E-state index in [1.807, 2.05) is 0 Å². The van der Waals surface area contributed by atoms with Gasteiger partial charge in [0.25, 0.3) is 31.6 Å². The molecule has 6 rings (SSSR count).